The van der Waals surface area contributed by atoms with E-state index >= 15 is 0 Å². The standard InChI is InChI=1S/C33H25N5O5/c1-32(42)17-33(18-32,38-29(39)22-9-5-6-10-23(22)30(38)40)21-13-11-20(12-14-21)27-24(19-7-3-2-4-8-19)15-25-28(34-27)43-16-26-35-36-31(41)37(25)26/h2-15,42H,16-18H2,1H3,(H,36,41)/t32-,33+. The normalized spacial score (nSPS) is 22.0. The monoisotopic (exact) mass is 571 g/mol. The Labute approximate surface area is 245 Å². The third-order valence-electron chi connectivity index (χ3n) is 8.64. The highest BCUT2D eigenvalue weighted by Crippen LogP contribution is 2.54. The summed E-state index contributed by atoms with van der Waals surface area (Å²) in [6, 6.07) is 26.0. The molecule has 4 heterocycles. The van der Waals surface area contributed by atoms with Crippen LogP contribution in [0, 0.1) is 0 Å². The van der Waals surface area contributed by atoms with Crippen molar-refractivity contribution in [2.24, 2.45) is 0 Å². The Morgan fingerprint density at radius 1 is 0.837 bits per heavy atom. The van der Waals surface area contributed by atoms with E-state index in [0.717, 1.165) is 22.3 Å². The number of pyridine rings is 1. The van der Waals surface area contributed by atoms with Gasteiger partial charge in [-0.15, -0.1) is 0 Å². The van der Waals surface area contributed by atoms with Crippen LogP contribution in [0.1, 0.15) is 51.9 Å². The predicted molar refractivity (Wildman–Crippen MR) is 156 cm³/mol. The molecule has 0 radical (unpaired) electrons. The van der Waals surface area contributed by atoms with Gasteiger partial charge in [0, 0.05) is 24.0 Å². The first-order valence-electron chi connectivity index (χ1n) is 14.0. The predicted octanol–water partition coefficient (Wildman–Crippen LogP) is 4.22. The molecular weight excluding hydrogens is 546 g/mol. The zero-order chi connectivity index (χ0) is 29.5. The van der Waals surface area contributed by atoms with Crippen molar-refractivity contribution in [1.29, 1.82) is 0 Å². The molecule has 1 saturated carbocycles. The summed E-state index contributed by atoms with van der Waals surface area (Å²) in [5, 5.41) is 17.4. The van der Waals surface area contributed by atoms with Gasteiger partial charge in [-0.25, -0.2) is 19.4 Å². The van der Waals surface area contributed by atoms with Crippen LogP contribution in [0.25, 0.3) is 28.1 Å². The van der Waals surface area contributed by atoms with Crippen LogP contribution in [0.2, 0.25) is 0 Å². The second-order valence-electron chi connectivity index (χ2n) is 11.6. The number of carbonyl (C=O) groups is 2. The number of hydrogen-bond donors (Lipinski definition) is 2. The quantitative estimate of drug-likeness (QED) is 0.309. The lowest BCUT2D eigenvalue weighted by molar-refractivity contribution is -0.118. The molecule has 3 aromatic carbocycles. The number of H-pyrrole nitrogens is 1. The number of hydrogen-bond acceptors (Lipinski definition) is 7. The van der Waals surface area contributed by atoms with E-state index in [1.54, 1.807) is 31.2 Å². The van der Waals surface area contributed by atoms with E-state index < -0.39 is 11.1 Å². The van der Waals surface area contributed by atoms with Crippen molar-refractivity contribution >= 4 is 11.8 Å². The molecule has 212 valence electrons. The Balaban J connectivity index is 1.24. The fourth-order valence-electron chi connectivity index (χ4n) is 6.83. The van der Waals surface area contributed by atoms with E-state index in [4.69, 9.17) is 9.72 Å². The molecule has 10 nitrogen and oxygen atoms in total. The summed E-state index contributed by atoms with van der Waals surface area (Å²) >= 11 is 0. The second kappa shape index (κ2) is 8.83. The maximum Gasteiger partial charge on any atom is 0.348 e. The van der Waals surface area contributed by atoms with Crippen molar-refractivity contribution in [3.63, 3.8) is 0 Å². The first-order valence-corrected chi connectivity index (χ1v) is 14.0. The molecule has 1 aliphatic carbocycles. The van der Waals surface area contributed by atoms with Gasteiger partial charge in [-0.05, 0) is 36.2 Å². The van der Waals surface area contributed by atoms with Crippen LogP contribution < -0.4 is 10.4 Å². The van der Waals surface area contributed by atoms with Gasteiger partial charge in [0.25, 0.3) is 11.8 Å². The second-order valence-corrected chi connectivity index (χ2v) is 11.6. The van der Waals surface area contributed by atoms with Crippen molar-refractivity contribution in [3.05, 3.63) is 118 Å². The number of nitrogens with zero attached hydrogens (tertiary/aromatic N) is 4. The average molecular weight is 572 g/mol. The van der Waals surface area contributed by atoms with E-state index in [1.165, 1.54) is 9.47 Å². The van der Waals surface area contributed by atoms with Crippen molar-refractivity contribution in [2.45, 2.75) is 37.5 Å². The largest absolute Gasteiger partial charge is 0.468 e. The summed E-state index contributed by atoms with van der Waals surface area (Å²) in [5.74, 6) is 0.0698. The van der Waals surface area contributed by atoms with Crippen LogP contribution in [0.5, 0.6) is 5.88 Å². The zero-order valence-corrected chi connectivity index (χ0v) is 23.1. The summed E-state index contributed by atoms with van der Waals surface area (Å²) in [6.45, 7) is 1.82. The smallest absolute Gasteiger partial charge is 0.348 e. The van der Waals surface area contributed by atoms with Crippen LogP contribution in [-0.2, 0) is 12.1 Å². The minimum atomic E-state index is -1.02. The van der Waals surface area contributed by atoms with Gasteiger partial charge in [-0.2, -0.15) is 5.10 Å². The maximum absolute atomic E-state index is 13.5. The first kappa shape index (κ1) is 25.4. The van der Waals surface area contributed by atoms with Crippen molar-refractivity contribution in [2.75, 3.05) is 0 Å². The number of aliphatic hydroxyl groups is 1. The van der Waals surface area contributed by atoms with Crippen LogP contribution in [0.3, 0.4) is 0 Å². The first-order chi connectivity index (χ1) is 20.8. The highest BCUT2D eigenvalue weighted by atomic mass is 16.5. The highest BCUT2D eigenvalue weighted by molar-refractivity contribution is 6.22. The van der Waals surface area contributed by atoms with Gasteiger partial charge >= 0.3 is 5.69 Å². The molecule has 0 atom stereocenters. The van der Waals surface area contributed by atoms with Crippen molar-refractivity contribution in [3.8, 4) is 34.0 Å². The van der Waals surface area contributed by atoms with E-state index in [9.17, 15) is 19.5 Å². The molecule has 8 rings (SSSR count). The maximum atomic E-state index is 13.5. The molecule has 10 heteroatoms. The molecule has 2 amide bonds. The zero-order valence-electron chi connectivity index (χ0n) is 23.1. The van der Waals surface area contributed by atoms with Gasteiger partial charge in [0.05, 0.1) is 28.0 Å². The summed E-state index contributed by atoms with van der Waals surface area (Å²) in [5.41, 5.74) is 2.75. The number of carbonyl (C=O) groups excluding carboxylic acids is 2. The molecule has 0 bridgehead atoms. The van der Waals surface area contributed by atoms with E-state index in [0.29, 0.717) is 34.2 Å². The number of rotatable bonds is 4. The van der Waals surface area contributed by atoms with Gasteiger partial charge in [-0.1, -0.05) is 66.7 Å². The third-order valence-corrected chi connectivity index (χ3v) is 8.64. The molecule has 3 aliphatic rings. The Hall–Kier alpha value is -5.35. The van der Waals surface area contributed by atoms with Crippen LogP contribution in [0.15, 0.2) is 89.7 Å². The highest BCUT2D eigenvalue weighted by Gasteiger charge is 2.60. The molecule has 5 aromatic rings. The minimum absolute atomic E-state index is 0.102. The lowest BCUT2D eigenvalue weighted by atomic mass is 9.61. The van der Waals surface area contributed by atoms with Gasteiger partial charge in [0.2, 0.25) is 5.88 Å². The summed E-state index contributed by atoms with van der Waals surface area (Å²) in [6.07, 6.45) is 0.458. The average Bonchev–Trinajstić information content (AvgIpc) is 3.52. The topological polar surface area (TPSA) is 130 Å². The van der Waals surface area contributed by atoms with Crippen LogP contribution in [0.4, 0.5) is 0 Å². The Kier molecular flexibility index (Phi) is 5.21. The summed E-state index contributed by atoms with van der Waals surface area (Å²) in [7, 11) is 0. The molecule has 2 aliphatic heterocycles. The van der Waals surface area contributed by atoms with E-state index in [1.807, 2.05) is 60.7 Å². The number of fused-ring (bicyclic) bond motifs is 4. The lowest BCUT2D eigenvalue weighted by Crippen LogP contribution is -2.63. The van der Waals surface area contributed by atoms with Crippen molar-refractivity contribution in [1.82, 2.24) is 24.6 Å². The number of amides is 2. The summed E-state index contributed by atoms with van der Waals surface area (Å²) < 4.78 is 7.37. The Morgan fingerprint density at radius 2 is 1.49 bits per heavy atom. The van der Waals surface area contributed by atoms with Gasteiger partial charge in [-0.3, -0.25) is 14.5 Å². The minimum Gasteiger partial charge on any atom is -0.468 e. The van der Waals surface area contributed by atoms with E-state index in [-0.39, 0.29) is 37.0 Å². The Morgan fingerprint density at radius 3 is 2.14 bits per heavy atom. The molecular formula is C33H25N5O5. The third kappa shape index (κ3) is 3.66. The molecule has 0 unspecified atom stereocenters. The number of nitrogens with one attached hydrogen (secondary N) is 1. The lowest BCUT2D eigenvalue weighted by Gasteiger charge is -2.55. The molecule has 0 spiro atoms. The fourth-order valence-corrected chi connectivity index (χ4v) is 6.83. The number of imide groups is 1. The fraction of sp³-hybridized carbons (Fsp3) is 0.182. The number of aromatic nitrogens is 4. The van der Waals surface area contributed by atoms with Crippen LogP contribution >= 0.6 is 0 Å². The number of aromatic amines is 1. The molecule has 2 N–H and O–H groups in total. The van der Waals surface area contributed by atoms with Gasteiger partial charge in [0.15, 0.2) is 12.4 Å². The van der Waals surface area contributed by atoms with Gasteiger partial charge < -0.3 is 9.84 Å². The van der Waals surface area contributed by atoms with Crippen molar-refractivity contribution < 1.29 is 19.4 Å². The number of ether oxygens (including phenoxy) is 1. The van der Waals surface area contributed by atoms with Crippen LogP contribution in [-0.4, -0.2) is 47.2 Å². The molecule has 43 heavy (non-hydrogen) atoms. The Bertz CT molecular complexity index is 1980. The van der Waals surface area contributed by atoms with Gasteiger partial charge in [0.1, 0.15) is 5.69 Å². The SMILES string of the molecule is C[C@]1(O)C[C@@](c2ccc(-c3nc4c(cc3-c3ccccc3)-n3c(n[nH]c3=O)CO4)cc2)(N2C(=O)c3ccccc3C2=O)C1. The molecule has 2 aromatic heterocycles. The summed E-state index contributed by atoms with van der Waals surface area (Å²) in [4.78, 5) is 45.8. The molecule has 1 fully saturated rings. The number of benzene rings is 3. The molecule has 0 saturated heterocycles. The van der Waals surface area contributed by atoms with E-state index in [2.05, 4.69) is 10.2 Å².